The van der Waals surface area contributed by atoms with E-state index in [1.54, 1.807) is 6.07 Å². The summed E-state index contributed by atoms with van der Waals surface area (Å²) in [7, 11) is 0. The lowest BCUT2D eigenvalue weighted by Crippen LogP contribution is -2.54. The molecule has 53 heavy (non-hydrogen) atoms. The molecule has 1 unspecified atom stereocenters. The van der Waals surface area contributed by atoms with Crippen molar-refractivity contribution >= 4 is 39.7 Å². The number of hydrogen-bond donors (Lipinski definition) is 0. The van der Waals surface area contributed by atoms with Gasteiger partial charge in [0.25, 0.3) is 0 Å². The minimum atomic E-state index is -5.87. The Morgan fingerprint density at radius 3 is 1.60 bits per heavy atom. The highest BCUT2D eigenvalue weighted by Gasteiger charge is 2.72. The van der Waals surface area contributed by atoms with Crippen LogP contribution in [0, 0.1) is 0 Å². The van der Waals surface area contributed by atoms with Crippen LogP contribution < -0.4 is 4.90 Å². The molecule has 7 nitrogen and oxygen atoms in total. The van der Waals surface area contributed by atoms with Crippen molar-refractivity contribution in [3.8, 4) is 22.9 Å². The fourth-order valence-electron chi connectivity index (χ4n) is 7.02. The predicted octanol–water partition coefficient (Wildman–Crippen LogP) is 11.1. The summed E-state index contributed by atoms with van der Waals surface area (Å²) in [5.41, 5.74) is -5.44. The Kier molecular flexibility index (Phi) is 9.50. The molecule has 0 saturated carbocycles. The Morgan fingerprint density at radius 2 is 1.15 bits per heavy atom. The number of amides is 2. The van der Waals surface area contributed by atoms with Crippen molar-refractivity contribution in [1.82, 2.24) is 9.97 Å². The molecule has 0 aliphatic carbocycles. The molecule has 2 heterocycles. The summed E-state index contributed by atoms with van der Waals surface area (Å²) in [4.78, 5) is 33.6. The number of benzene rings is 4. The topological polar surface area (TPSA) is 89.4 Å². The third kappa shape index (κ3) is 6.46. The number of anilines is 1. The van der Waals surface area contributed by atoms with Gasteiger partial charge in [0, 0.05) is 25.0 Å². The number of alkyl halides is 6. The molecule has 0 bridgehead atoms. The van der Waals surface area contributed by atoms with Crippen LogP contribution >= 0.6 is 0 Å². The van der Waals surface area contributed by atoms with Gasteiger partial charge in [-0.1, -0.05) is 57.5 Å². The molecule has 2 amide bonds. The second-order valence-corrected chi connectivity index (χ2v) is 13.3. The van der Waals surface area contributed by atoms with E-state index in [0.717, 1.165) is 54.0 Å². The molecule has 4 aromatic carbocycles. The molecule has 0 fully saturated rings. The molecule has 6 aromatic rings. The summed E-state index contributed by atoms with van der Waals surface area (Å²) < 4.78 is 103. The second kappa shape index (κ2) is 13.5. The molecule has 2 aromatic heterocycles. The Labute approximate surface area is 300 Å². The van der Waals surface area contributed by atoms with Crippen LogP contribution in [-0.4, -0.2) is 34.1 Å². The van der Waals surface area contributed by atoms with Crippen LogP contribution in [0.2, 0.25) is 0 Å². The van der Waals surface area contributed by atoms with Crippen molar-refractivity contribution < 1.29 is 44.8 Å². The maximum Gasteiger partial charge on any atom is 0.411 e. The highest BCUT2D eigenvalue weighted by Crippen LogP contribution is 2.57. The molecule has 0 aliphatic heterocycles. The summed E-state index contributed by atoms with van der Waals surface area (Å²) in [6, 6.07) is 18.3. The number of halogens is 6. The van der Waals surface area contributed by atoms with E-state index in [4.69, 9.17) is 8.83 Å². The fourth-order valence-corrected chi connectivity index (χ4v) is 7.02. The van der Waals surface area contributed by atoms with Gasteiger partial charge in [-0.15, -0.1) is 0 Å². The van der Waals surface area contributed by atoms with Crippen molar-refractivity contribution in [2.24, 2.45) is 0 Å². The Hall–Kier alpha value is -5.46. The number of aromatic nitrogens is 2. The lowest BCUT2D eigenvalue weighted by molar-refractivity contribution is -0.288. The Balaban J connectivity index is 1.46. The summed E-state index contributed by atoms with van der Waals surface area (Å²) in [6.45, 7) is 8.68. The largest absolute Gasteiger partial charge is 0.436 e. The first-order valence-corrected chi connectivity index (χ1v) is 16.9. The quantitative estimate of drug-likeness (QED) is 0.137. The number of nitrogens with zero attached hydrogens (tertiary/aromatic N) is 3. The van der Waals surface area contributed by atoms with Gasteiger partial charge >= 0.3 is 12.4 Å². The van der Waals surface area contributed by atoms with Gasteiger partial charge in [0.15, 0.2) is 11.2 Å². The van der Waals surface area contributed by atoms with Gasteiger partial charge in [-0.2, -0.15) is 26.3 Å². The van der Waals surface area contributed by atoms with Gasteiger partial charge in [-0.3, -0.25) is 14.5 Å². The maximum atomic E-state index is 15.2. The molecule has 1 atom stereocenters. The van der Waals surface area contributed by atoms with Crippen LogP contribution in [0.15, 0.2) is 93.8 Å². The first-order valence-electron chi connectivity index (χ1n) is 16.9. The van der Waals surface area contributed by atoms with E-state index in [1.165, 1.54) is 38.1 Å². The first-order chi connectivity index (χ1) is 24.9. The van der Waals surface area contributed by atoms with Gasteiger partial charge in [0.2, 0.25) is 29.0 Å². The van der Waals surface area contributed by atoms with Crippen molar-refractivity contribution in [2.75, 3.05) is 4.90 Å². The lowest BCUT2D eigenvalue weighted by Gasteiger charge is -2.38. The highest BCUT2D eigenvalue weighted by molar-refractivity contribution is 6.13. The van der Waals surface area contributed by atoms with E-state index in [1.807, 2.05) is 18.2 Å². The molecule has 0 aliphatic rings. The molecular weight excluding hydrogens is 700 g/mol. The van der Waals surface area contributed by atoms with E-state index in [2.05, 4.69) is 30.7 Å². The molecule has 0 N–H and O–H groups in total. The number of oxazole rings is 2. The number of carbonyl (C=O) groups is 2. The highest BCUT2D eigenvalue weighted by atomic mass is 19.4. The molecule has 0 spiro atoms. The molecule has 0 saturated heterocycles. The van der Waals surface area contributed by atoms with Crippen molar-refractivity contribution in [3.63, 3.8) is 0 Å². The van der Waals surface area contributed by atoms with Crippen molar-refractivity contribution in [1.29, 1.82) is 0 Å². The zero-order chi connectivity index (χ0) is 38.5. The monoisotopic (exact) mass is 735 g/mol. The van der Waals surface area contributed by atoms with Crippen LogP contribution in [0.3, 0.4) is 0 Å². The summed E-state index contributed by atoms with van der Waals surface area (Å²) in [5, 5.41) is 0. The molecule has 276 valence electrons. The maximum absolute atomic E-state index is 15.2. The van der Waals surface area contributed by atoms with Crippen molar-refractivity contribution in [3.05, 3.63) is 102 Å². The summed E-state index contributed by atoms with van der Waals surface area (Å²) >= 11 is 0. The third-order valence-corrected chi connectivity index (χ3v) is 9.86. The predicted molar refractivity (Wildman–Crippen MR) is 188 cm³/mol. The van der Waals surface area contributed by atoms with E-state index in [9.17, 15) is 9.59 Å². The summed E-state index contributed by atoms with van der Waals surface area (Å²) in [6.07, 6.45) is -9.03. The van der Waals surface area contributed by atoms with Gasteiger partial charge in [-0.25, -0.2) is 9.97 Å². The van der Waals surface area contributed by atoms with E-state index in [-0.39, 0.29) is 50.6 Å². The van der Waals surface area contributed by atoms with E-state index >= 15 is 26.3 Å². The standard InChI is InChI=1S/C40H35F6N3O4/c1-6-18-37(5,7-2)27-12-8-10-25(19-27)35-47-31-21-28(14-16-33(31)52-35)38(39(41,42)43,40(44,45)46)29-15-17-34-32(22-29)48-36(53-34)26-11-9-13-30(20-26)49(23(3)50)24(4)51/h8-17,19-22H,6-7,18H2,1-5H3. The van der Waals surface area contributed by atoms with Crippen LogP contribution in [0.4, 0.5) is 32.0 Å². The normalized spacial score (nSPS) is 13.7. The number of rotatable bonds is 9. The molecule has 0 radical (unpaired) electrons. The second-order valence-electron chi connectivity index (χ2n) is 13.3. The van der Waals surface area contributed by atoms with Gasteiger partial charge in [-0.05, 0) is 89.5 Å². The number of imide groups is 1. The zero-order valence-corrected chi connectivity index (χ0v) is 29.4. The molecular formula is C40H35F6N3O4. The zero-order valence-electron chi connectivity index (χ0n) is 29.4. The lowest BCUT2D eigenvalue weighted by atomic mass is 9.72. The minimum absolute atomic E-state index is 0.0196. The van der Waals surface area contributed by atoms with E-state index in [0.29, 0.717) is 17.7 Å². The number of fused-ring (bicyclic) bond motifs is 2. The van der Waals surface area contributed by atoms with Gasteiger partial charge in [0.05, 0.1) is 5.69 Å². The van der Waals surface area contributed by atoms with E-state index < -0.39 is 40.7 Å². The van der Waals surface area contributed by atoms with Crippen molar-refractivity contribution in [2.45, 2.75) is 77.1 Å². The average molecular weight is 736 g/mol. The van der Waals surface area contributed by atoms with Crippen LogP contribution in [0.1, 0.15) is 70.6 Å². The fraction of sp³-hybridized carbons (Fsp3) is 0.300. The van der Waals surface area contributed by atoms with Gasteiger partial charge < -0.3 is 8.83 Å². The van der Waals surface area contributed by atoms with Crippen LogP contribution in [0.5, 0.6) is 0 Å². The van der Waals surface area contributed by atoms with Crippen LogP contribution in [0.25, 0.3) is 45.1 Å². The SMILES string of the molecule is CCCC(C)(CC)c1cccc(-c2nc3cc(C(c4ccc5oc(-c6cccc(N(C(C)=O)C(C)=O)c6)nc5c4)(C(F)(F)F)C(F)(F)F)ccc3o2)c1. The smallest absolute Gasteiger partial charge is 0.411 e. The van der Waals surface area contributed by atoms with Crippen LogP contribution in [-0.2, 0) is 20.4 Å². The minimum Gasteiger partial charge on any atom is -0.436 e. The average Bonchev–Trinajstić information content (AvgIpc) is 3.72. The summed E-state index contributed by atoms with van der Waals surface area (Å²) in [5.74, 6) is -1.22. The molecule has 6 rings (SSSR count). The number of hydrogen-bond acceptors (Lipinski definition) is 6. The Morgan fingerprint density at radius 1 is 0.660 bits per heavy atom. The molecule has 13 heteroatoms. The first kappa shape index (κ1) is 37.3. The Bertz CT molecular complexity index is 2310. The van der Waals surface area contributed by atoms with Gasteiger partial charge in [0.1, 0.15) is 11.0 Å². The third-order valence-electron chi connectivity index (χ3n) is 9.86. The number of carbonyl (C=O) groups excluding carboxylic acids is 2.